The van der Waals surface area contributed by atoms with E-state index in [-0.39, 0.29) is 0 Å². The summed E-state index contributed by atoms with van der Waals surface area (Å²) in [7, 11) is 0. The molecule has 0 bridgehead atoms. The number of terminal acetylenes is 1. The molecule has 0 N–H and O–H groups in total. The summed E-state index contributed by atoms with van der Waals surface area (Å²) < 4.78 is 0. The Morgan fingerprint density at radius 2 is 2.27 bits per heavy atom. The van der Waals surface area contributed by atoms with Gasteiger partial charge in [0.05, 0.1) is 28.9 Å². The lowest BCUT2D eigenvalue weighted by molar-refractivity contribution is 0.918. The lowest BCUT2D eigenvalue weighted by atomic mass is 10.2. The van der Waals surface area contributed by atoms with E-state index in [2.05, 4.69) is 5.92 Å². The first-order valence-electron chi connectivity index (χ1n) is 4.61. The number of anilines is 1. The third-order valence-corrected chi connectivity index (χ3v) is 2.38. The normalized spacial score (nSPS) is 9.07. The topological polar surface area (TPSA) is 27.0 Å². The molecule has 0 saturated carbocycles. The fraction of sp³-hybridized carbons (Fsp3) is 0.250. The van der Waals surface area contributed by atoms with Crippen LogP contribution in [0.25, 0.3) is 0 Å². The van der Waals surface area contributed by atoms with Gasteiger partial charge >= 0.3 is 0 Å². The van der Waals surface area contributed by atoms with Crippen molar-refractivity contribution in [2.45, 2.75) is 6.92 Å². The minimum absolute atomic E-state index is 0.516. The number of nitrogens with zero attached hydrogens (tertiary/aromatic N) is 2. The second-order valence-electron chi connectivity index (χ2n) is 3.00. The molecule has 0 fully saturated rings. The monoisotopic (exact) mass is 218 g/mol. The Bertz CT molecular complexity index is 426. The van der Waals surface area contributed by atoms with Crippen molar-refractivity contribution in [2.24, 2.45) is 0 Å². The zero-order chi connectivity index (χ0) is 11.3. The van der Waals surface area contributed by atoms with Gasteiger partial charge in [-0.1, -0.05) is 17.5 Å². The molecule has 0 aliphatic carbocycles. The van der Waals surface area contributed by atoms with Crippen LogP contribution in [0, 0.1) is 23.7 Å². The maximum absolute atomic E-state index is 8.70. The van der Waals surface area contributed by atoms with Crippen LogP contribution in [-0.2, 0) is 0 Å². The molecule has 0 radical (unpaired) electrons. The van der Waals surface area contributed by atoms with E-state index >= 15 is 0 Å². The molecule has 76 valence electrons. The van der Waals surface area contributed by atoms with Crippen molar-refractivity contribution in [3.05, 3.63) is 28.8 Å². The number of benzene rings is 1. The maximum atomic E-state index is 8.70. The third kappa shape index (κ3) is 2.65. The summed E-state index contributed by atoms with van der Waals surface area (Å²) in [5.74, 6) is 2.58. The van der Waals surface area contributed by atoms with Crippen molar-refractivity contribution in [3.63, 3.8) is 0 Å². The summed E-state index contributed by atoms with van der Waals surface area (Å²) in [5.41, 5.74) is 1.43. The average Bonchev–Trinajstić information content (AvgIpc) is 2.26. The van der Waals surface area contributed by atoms with Crippen LogP contribution in [0.15, 0.2) is 18.2 Å². The summed E-state index contributed by atoms with van der Waals surface area (Å²) in [5, 5.41) is 9.26. The largest absolute Gasteiger partial charge is 0.359 e. The molecular formula is C12H11ClN2. The van der Waals surface area contributed by atoms with Crippen LogP contribution in [-0.4, -0.2) is 13.1 Å². The fourth-order valence-electron chi connectivity index (χ4n) is 1.31. The number of halogens is 1. The highest BCUT2D eigenvalue weighted by molar-refractivity contribution is 6.33. The molecule has 3 heteroatoms. The van der Waals surface area contributed by atoms with E-state index in [4.69, 9.17) is 23.3 Å². The number of hydrogen-bond acceptors (Lipinski definition) is 2. The minimum atomic E-state index is 0.516. The molecular weight excluding hydrogens is 208 g/mol. The number of nitriles is 1. The van der Waals surface area contributed by atoms with E-state index in [1.54, 1.807) is 12.1 Å². The van der Waals surface area contributed by atoms with Crippen molar-refractivity contribution >= 4 is 17.3 Å². The quantitative estimate of drug-likeness (QED) is 0.730. The molecule has 0 saturated heterocycles. The van der Waals surface area contributed by atoms with E-state index in [0.717, 1.165) is 12.2 Å². The fourth-order valence-corrected chi connectivity index (χ4v) is 1.61. The standard InChI is InChI=1S/C12H11ClN2/c1-3-7-15(4-2)12-6-5-10(9-14)8-11(12)13/h1,5-6,8H,4,7H2,2H3. The summed E-state index contributed by atoms with van der Waals surface area (Å²) >= 11 is 6.06. The highest BCUT2D eigenvalue weighted by Gasteiger charge is 2.07. The van der Waals surface area contributed by atoms with Crippen LogP contribution in [0.5, 0.6) is 0 Å². The van der Waals surface area contributed by atoms with Crippen molar-refractivity contribution in [3.8, 4) is 18.4 Å². The van der Waals surface area contributed by atoms with Crippen LogP contribution < -0.4 is 4.90 Å². The first-order chi connectivity index (χ1) is 7.22. The molecule has 0 aromatic heterocycles. The second-order valence-corrected chi connectivity index (χ2v) is 3.40. The van der Waals surface area contributed by atoms with Crippen molar-refractivity contribution in [2.75, 3.05) is 18.0 Å². The van der Waals surface area contributed by atoms with Gasteiger partial charge in [0.15, 0.2) is 0 Å². The Morgan fingerprint density at radius 3 is 2.73 bits per heavy atom. The molecule has 1 rings (SSSR count). The first-order valence-corrected chi connectivity index (χ1v) is 4.98. The van der Waals surface area contributed by atoms with Gasteiger partial charge in [0, 0.05) is 6.54 Å². The van der Waals surface area contributed by atoms with E-state index in [0.29, 0.717) is 17.1 Å². The summed E-state index contributed by atoms with van der Waals surface area (Å²) in [6, 6.07) is 7.25. The van der Waals surface area contributed by atoms with Crippen molar-refractivity contribution in [1.29, 1.82) is 5.26 Å². The molecule has 1 aromatic rings. The predicted molar refractivity (Wildman–Crippen MR) is 62.9 cm³/mol. The molecule has 2 nitrogen and oxygen atoms in total. The Labute approximate surface area is 95.1 Å². The Hall–Kier alpha value is -1.64. The molecule has 0 heterocycles. The van der Waals surface area contributed by atoms with Crippen molar-refractivity contribution < 1.29 is 0 Å². The lowest BCUT2D eigenvalue weighted by Crippen LogP contribution is -2.23. The zero-order valence-corrected chi connectivity index (χ0v) is 9.25. The predicted octanol–water partition coefficient (Wildman–Crippen LogP) is 2.67. The first kappa shape index (κ1) is 11.4. The molecule has 0 spiro atoms. The molecule has 0 atom stereocenters. The lowest BCUT2D eigenvalue weighted by Gasteiger charge is -2.21. The molecule has 1 aromatic carbocycles. The molecule has 0 aliphatic rings. The van der Waals surface area contributed by atoms with Gasteiger partial charge in [0.1, 0.15) is 0 Å². The summed E-state index contributed by atoms with van der Waals surface area (Å²) in [4.78, 5) is 1.98. The maximum Gasteiger partial charge on any atom is 0.0992 e. The Morgan fingerprint density at radius 1 is 1.53 bits per heavy atom. The van der Waals surface area contributed by atoms with Gasteiger partial charge in [-0.25, -0.2) is 0 Å². The van der Waals surface area contributed by atoms with Gasteiger partial charge in [-0.3, -0.25) is 0 Å². The molecule has 0 unspecified atom stereocenters. The van der Waals surface area contributed by atoms with Crippen LogP contribution in [0.1, 0.15) is 12.5 Å². The van der Waals surface area contributed by atoms with Gasteiger partial charge < -0.3 is 4.90 Å². The third-order valence-electron chi connectivity index (χ3n) is 2.08. The molecule has 0 amide bonds. The molecule has 0 aliphatic heterocycles. The SMILES string of the molecule is C#CCN(CC)c1ccc(C#N)cc1Cl. The second kappa shape index (κ2) is 5.29. The summed E-state index contributed by atoms with van der Waals surface area (Å²) in [6.45, 7) is 3.31. The average molecular weight is 219 g/mol. The Kier molecular flexibility index (Phi) is 4.03. The van der Waals surface area contributed by atoms with Gasteiger partial charge in [-0.15, -0.1) is 6.42 Å². The van der Waals surface area contributed by atoms with Crippen LogP contribution in [0.3, 0.4) is 0 Å². The number of hydrogen-bond donors (Lipinski definition) is 0. The molecule has 15 heavy (non-hydrogen) atoms. The summed E-state index contributed by atoms with van der Waals surface area (Å²) in [6.07, 6.45) is 5.26. The van der Waals surface area contributed by atoms with E-state index < -0.39 is 0 Å². The smallest absolute Gasteiger partial charge is 0.0992 e. The van der Waals surface area contributed by atoms with Gasteiger partial charge in [0.25, 0.3) is 0 Å². The van der Waals surface area contributed by atoms with Gasteiger partial charge in [0.2, 0.25) is 0 Å². The van der Waals surface area contributed by atoms with Crippen molar-refractivity contribution in [1.82, 2.24) is 0 Å². The van der Waals surface area contributed by atoms with E-state index in [1.165, 1.54) is 0 Å². The van der Waals surface area contributed by atoms with E-state index in [1.807, 2.05) is 24.0 Å². The number of rotatable bonds is 3. The van der Waals surface area contributed by atoms with Gasteiger partial charge in [-0.2, -0.15) is 5.26 Å². The minimum Gasteiger partial charge on any atom is -0.359 e. The Balaban J connectivity index is 3.05. The van der Waals surface area contributed by atoms with Crippen LogP contribution >= 0.6 is 11.6 Å². The van der Waals surface area contributed by atoms with Crippen LogP contribution in [0.4, 0.5) is 5.69 Å². The zero-order valence-electron chi connectivity index (χ0n) is 8.50. The van der Waals surface area contributed by atoms with Crippen LogP contribution in [0.2, 0.25) is 5.02 Å². The highest BCUT2D eigenvalue weighted by Crippen LogP contribution is 2.26. The highest BCUT2D eigenvalue weighted by atomic mass is 35.5. The van der Waals surface area contributed by atoms with Gasteiger partial charge in [-0.05, 0) is 25.1 Å². The van der Waals surface area contributed by atoms with E-state index in [9.17, 15) is 0 Å².